The molecule has 1 unspecified atom stereocenters. The largest absolute Gasteiger partial charge is 0.482 e. The Labute approximate surface area is 244 Å². The Kier molecular flexibility index (Phi) is 7.38. The van der Waals surface area contributed by atoms with Crippen molar-refractivity contribution in [2.45, 2.75) is 52.5 Å². The van der Waals surface area contributed by atoms with Crippen LogP contribution in [0.4, 0.5) is 14.6 Å². The zero-order chi connectivity index (χ0) is 29.1. The number of aromatic nitrogens is 5. The highest BCUT2D eigenvalue weighted by Crippen LogP contribution is 2.50. The summed E-state index contributed by atoms with van der Waals surface area (Å²) in [4.78, 5) is 30.4. The number of nitrogens with zero attached hydrogens (tertiary/aromatic N) is 7. The number of hydrogen-bond donors (Lipinski definition) is 2. The van der Waals surface area contributed by atoms with Crippen molar-refractivity contribution < 1.29 is 27.4 Å². The summed E-state index contributed by atoms with van der Waals surface area (Å²) in [6.45, 7) is 6.27. The highest BCUT2D eigenvalue weighted by Gasteiger charge is 2.39. The maximum absolute atomic E-state index is 13.7. The molecule has 1 fully saturated rings. The Hall–Kier alpha value is -2.92. The molecular weight excluding hydrogens is 597 g/mol. The third-order valence-corrected chi connectivity index (χ3v) is 11.1. The molecule has 6 rings (SSSR count). The van der Waals surface area contributed by atoms with E-state index < -0.39 is 23.2 Å². The van der Waals surface area contributed by atoms with Crippen LogP contribution in [0, 0.1) is 13.8 Å². The van der Waals surface area contributed by atoms with Crippen molar-refractivity contribution in [2.24, 2.45) is 0 Å². The quantitative estimate of drug-likeness (QED) is 0.285. The van der Waals surface area contributed by atoms with E-state index in [4.69, 9.17) is 4.74 Å². The molecule has 220 valence electrons. The van der Waals surface area contributed by atoms with Gasteiger partial charge in [0, 0.05) is 19.5 Å². The van der Waals surface area contributed by atoms with Crippen LogP contribution in [0.1, 0.15) is 63.5 Å². The molecule has 11 nitrogen and oxygen atoms in total. The van der Waals surface area contributed by atoms with E-state index in [1.807, 2.05) is 20.8 Å². The number of anilines is 1. The highest BCUT2D eigenvalue weighted by atomic mass is 32.3. The third-order valence-electron chi connectivity index (χ3n) is 7.18. The Bertz CT molecular complexity index is 1620. The molecule has 2 aliphatic rings. The average molecular weight is 626 g/mol. The van der Waals surface area contributed by atoms with Crippen LogP contribution in [0.25, 0.3) is 4.96 Å². The second-order valence-electron chi connectivity index (χ2n) is 9.85. The molecule has 0 bridgehead atoms. The smallest absolute Gasteiger partial charge is 0.291 e. The van der Waals surface area contributed by atoms with Crippen molar-refractivity contribution in [1.29, 1.82) is 0 Å². The number of carbonyl (C=O) groups is 1. The summed E-state index contributed by atoms with van der Waals surface area (Å²) in [5.74, 6) is 0.931. The van der Waals surface area contributed by atoms with E-state index in [2.05, 4.69) is 20.1 Å². The maximum Gasteiger partial charge on any atom is 0.291 e. The van der Waals surface area contributed by atoms with Crippen LogP contribution in [0.5, 0.6) is 5.75 Å². The molecule has 0 radical (unpaired) electrons. The second-order valence-corrected chi connectivity index (χ2v) is 14.2. The standard InChI is InChI=1S/C25H29F2N7O4S3/c1-4-15-17(6-7-18(29-15)33-9-5-11-41(33,36)37)38-12-19(35)32-10-8-16-20(21(32)22-13(2)28-14(3)39-22)34-25(30-16)40-24(31-34)23(26)27/h6-7,21,23,36-37H,4-5,8-12H2,1-3H3. The molecule has 0 spiro atoms. The normalized spacial score (nSPS) is 19.3. The zero-order valence-electron chi connectivity index (χ0n) is 22.6. The van der Waals surface area contributed by atoms with Crippen LogP contribution in [0.3, 0.4) is 0 Å². The van der Waals surface area contributed by atoms with Gasteiger partial charge in [0.15, 0.2) is 11.6 Å². The number of fused-ring (bicyclic) bond motifs is 3. The van der Waals surface area contributed by atoms with Gasteiger partial charge in [0.05, 0.1) is 38.4 Å². The van der Waals surface area contributed by atoms with E-state index >= 15 is 0 Å². The first-order valence-electron chi connectivity index (χ1n) is 13.1. The van der Waals surface area contributed by atoms with Crippen molar-refractivity contribution in [3.05, 3.63) is 49.8 Å². The van der Waals surface area contributed by atoms with Gasteiger partial charge >= 0.3 is 0 Å². The van der Waals surface area contributed by atoms with Gasteiger partial charge < -0.3 is 9.64 Å². The molecule has 0 aromatic carbocycles. The minimum atomic E-state index is -2.88. The molecule has 1 atom stereocenters. The molecule has 0 aliphatic carbocycles. The van der Waals surface area contributed by atoms with E-state index in [0.29, 0.717) is 66.0 Å². The first-order valence-corrected chi connectivity index (χ1v) is 16.4. The fourth-order valence-electron chi connectivity index (χ4n) is 5.35. The van der Waals surface area contributed by atoms with E-state index in [0.717, 1.165) is 32.6 Å². The summed E-state index contributed by atoms with van der Waals surface area (Å²) in [5.41, 5.74) is 2.68. The molecule has 4 aromatic heterocycles. The van der Waals surface area contributed by atoms with Gasteiger partial charge in [-0.3, -0.25) is 18.2 Å². The number of halogens is 2. The van der Waals surface area contributed by atoms with Gasteiger partial charge in [-0.25, -0.2) is 28.2 Å². The van der Waals surface area contributed by atoms with E-state index in [1.54, 1.807) is 17.0 Å². The Morgan fingerprint density at radius 2 is 2.00 bits per heavy atom. The van der Waals surface area contributed by atoms with Crippen molar-refractivity contribution in [2.75, 3.05) is 29.8 Å². The summed E-state index contributed by atoms with van der Waals surface area (Å²) in [5, 5.41) is 4.66. The van der Waals surface area contributed by atoms with Crippen molar-refractivity contribution in [3.63, 3.8) is 0 Å². The minimum Gasteiger partial charge on any atom is -0.482 e. The lowest BCUT2D eigenvalue weighted by Crippen LogP contribution is -2.43. The van der Waals surface area contributed by atoms with E-state index in [9.17, 15) is 22.7 Å². The van der Waals surface area contributed by atoms with Crippen molar-refractivity contribution in [1.82, 2.24) is 29.5 Å². The number of carbonyl (C=O) groups excluding carboxylic acids is 1. The van der Waals surface area contributed by atoms with Crippen LogP contribution >= 0.6 is 33.4 Å². The van der Waals surface area contributed by atoms with Crippen molar-refractivity contribution >= 4 is 50.1 Å². The summed E-state index contributed by atoms with van der Waals surface area (Å²) < 4.78 is 56.6. The van der Waals surface area contributed by atoms with Gasteiger partial charge in [0.1, 0.15) is 17.6 Å². The number of amides is 1. The third kappa shape index (κ3) is 5.05. The lowest BCUT2D eigenvalue weighted by atomic mass is 10.00. The van der Waals surface area contributed by atoms with E-state index in [1.165, 1.54) is 20.2 Å². The van der Waals surface area contributed by atoms with Gasteiger partial charge in [-0.1, -0.05) is 18.3 Å². The van der Waals surface area contributed by atoms with Crippen LogP contribution < -0.4 is 9.04 Å². The fourth-order valence-corrected chi connectivity index (χ4v) is 8.73. The lowest BCUT2D eigenvalue weighted by molar-refractivity contribution is -0.135. The van der Waals surface area contributed by atoms with Crippen LogP contribution in [0.2, 0.25) is 0 Å². The monoisotopic (exact) mass is 625 g/mol. The Balaban J connectivity index is 1.29. The number of ether oxygens (including phenoxy) is 1. The van der Waals surface area contributed by atoms with Gasteiger partial charge in [-0.2, -0.15) is 5.10 Å². The Morgan fingerprint density at radius 1 is 1.20 bits per heavy atom. The molecule has 0 saturated carbocycles. The van der Waals surface area contributed by atoms with Gasteiger partial charge in [-0.15, -0.1) is 22.1 Å². The first kappa shape index (κ1) is 28.2. The number of aryl methyl sites for hydroxylation is 3. The second kappa shape index (κ2) is 10.7. The minimum absolute atomic E-state index is 0.267. The van der Waals surface area contributed by atoms with Crippen LogP contribution in [-0.4, -0.2) is 69.9 Å². The van der Waals surface area contributed by atoms with Crippen LogP contribution in [-0.2, 0) is 17.6 Å². The first-order chi connectivity index (χ1) is 19.6. The molecule has 2 N–H and O–H groups in total. The molecular formula is C25H29F2N7O4S3. The summed E-state index contributed by atoms with van der Waals surface area (Å²) >= 11 is 2.30. The van der Waals surface area contributed by atoms with Gasteiger partial charge in [-0.05, 0) is 38.8 Å². The number of thiazole rings is 1. The number of rotatable bonds is 7. The van der Waals surface area contributed by atoms with Gasteiger partial charge in [0.25, 0.3) is 12.3 Å². The molecule has 2 aliphatic heterocycles. The number of hydrogen-bond acceptors (Lipinski definition) is 11. The molecule has 41 heavy (non-hydrogen) atoms. The molecule has 1 saturated heterocycles. The topological polar surface area (TPSA) is 129 Å². The maximum atomic E-state index is 13.7. The SMILES string of the molecule is CCc1nc(N2CCCS2(O)O)ccc1OCC(=O)N1CCc2nc3sc(C(F)F)nn3c2C1c1sc(C)nc1C. The highest BCUT2D eigenvalue weighted by molar-refractivity contribution is 8.25. The zero-order valence-corrected chi connectivity index (χ0v) is 25.0. The molecule has 6 heterocycles. The Morgan fingerprint density at radius 3 is 2.66 bits per heavy atom. The fraction of sp³-hybridized carbons (Fsp3) is 0.480. The predicted molar refractivity (Wildman–Crippen MR) is 153 cm³/mol. The molecule has 1 amide bonds. The molecule has 16 heteroatoms. The van der Waals surface area contributed by atoms with Gasteiger partial charge in [0.2, 0.25) is 4.96 Å². The average Bonchev–Trinajstić information content (AvgIpc) is 3.68. The van der Waals surface area contributed by atoms with Crippen LogP contribution in [0.15, 0.2) is 12.1 Å². The predicted octanol–water partition coefficient (Wildman–Crippen LogP) is 5.19. The summed E-state index contributed by atoms with van der Waals surface area (Å²) in [6.07, 6.45) is -1.08. The molecule has 4 aromatic rings. The summed E-state index contributed by atoms with van der Waals surface area (Å²) in [7, 11) is -2.88. The summed E-state index contributed by atoms with van der Waals surface area (Å²) in [6, 6.07) is 2.77. The number of imidazole rings is 1. The number of alkyl halides is 2. The van der Waals surface area contributed by atoms with Crippen molar-refractivity contribution in [3.8, 4) is 5.75 Å². The lowest BCUT2D eigenvalue weighted by Gasteiger charge is -2.37. The number of pyridine rings is 1. The van der Waals surface area contributed by atoms with E-state index in [-0.39, 0.29) is 17.5 Å².